The lowest BCUT2D eigenvalue weighted by molar-refractivity contribution is -0.132. The molecule has 1 aliphatic carbocycles. The predicted molar refractivity (Wildman–Crippen MR) is 68.3 cm³/mol. The maximum absolute atomic E-state index is 12.2. The molecule has 0 aromatic carbocycles. The SMILES string of the molecule is CC(C)C(N)C(=O)N1CCC2(CCC(N)C2)C1. The number of likely N-dealkylation sites (tertiary alicyclic amines) is 1. The largest absolute Gasteiger partial charge is 0.341 e. The van der Waals surface area contributed by atoms with Crippen LogP contribution in [0.5, 0.6) is 0 Å². The Labute approximate surface area is 104 Å². The summed E-state index contributed by atoms with van der Waals surface area (Å²) in [4.78, 5) is 14.1. The van der Waals surface area contributed by atoms with E-state index in [0.29, 0.717) is 11.5 Å². The molecule has 0 radical (unpaired) electrons. The number of carbonyl (C=O) groups excluding carboxylic acids is 1. The molecule has 0 bridgehead atoms. The molecular formula is C13H25N3O. The molecule has 1 aliphatic heterocycles. The minimum atomic E-state index is -0.347. The predicted octanol–water partition coefficient (Wildman–Crippen LogP) is 0.700. The van der Waals surface area contributed by atoms with E-state index in [2.05, 4.69) is 0 Å². The molecule has 1 amide bonds. The highest BCUT2D eigenvalue weighted by Gasteiger charge is 2.44. The van der Waals surface area contributed by atoms with E-state index in [1.807, 2.05) is 18.7 Å². The Morgan fingerprint density at radius 1 is 1.41 bits per heavy atom. The van der Waals surface area contributed by atoms with Gasteiger partial charge in [0, 0.05) is 19.1 Å². The summed E-state index contributed by atoms with van der Waals surface area (Å²) < 4.78 is 0. The van der Waals surface area contributed by atoms with Gasteiger partial charge in [0.25, 0.3) is 0 Å². The molecule has 3 unspecified atom stereocenters. The molecule has 1 saturated heterocycles. The Balaban J connectivity index is 1.96. The molecule has 4 nitrogen and oxygen atoms in total. The molecule has 17 heavy (non-hydrogen) atoms. The number of nitrogens with zero attached hydrogens (tertiary/aromatic N) is 1. The Morgan fingerprint density at radius 2 is 2.12 bits per heavy atom. The first kappa shape index (κ1) is 12.8. The summed E-state index contributed by atoms with van der Waals surface area (Å²) in [5.41, 5.74) is 12.2. The molecule has 1 heterocycles. The molecule has 3 atom stereocenters. The molecule has 0 aromatic heterocycles. The van der Waals surface area contributed by atoms with Crippen LogP contribution in [0.25, 0.3) is 0 Å². The van der Waals surface area contributed by atoms with Crippen LogP contribution in [0.2, 0.25) is 0 Å². The number of hydrogen-bond acceptors (Lipinski definition) is 3. The van der Waals surface area contributed by atoms with Crippen molar-refractivity contribution >= 4 is 5.91 Å². The Kier molecular flexibility index (Phi) is 3.46. The van der Waals surface area contributed by atoms with E-state index in [0.717, 1.165) is 32.4 Å². The van der Waals surface area contributed by atoms with Crippen molar-refractivity contribution in [2.24, 2.45) is 22.8 Å². The van der Waals surface area contributed by atoms with Gasteiger partial charge < -0.3 is 16.4 Å². The summed E-state index contributed by atoms with van der Waals surface area (Å²) in [7, 11) is 0. The second-order valence-electron chi connectivity index (χ2n) is 6.28. The quantitative estimate of drug-likeness (QED) is 0.745. The molecule has 2 aliphatic rings. The molecular weight excluding hydrogens is 214 g/mol. The number of amides is 1. The minimum Gasteiger partial charge on any atom is -0.341 e. The highest BCUT2D eigenvalue weighted by molar-refractivity contribution is 5.82. The van der Waals surface area contributed by atoms with Crippen molar-refractivity contribution in [1.82, 2.24) is 4.90 Å². The Morgan fingerprint density at radius 3 is 2.65 bits per heavy atom. The molecule has 2 fully saturated rings. The van der Waals surface area contributed by atoms with E-state index < -0.39 is 0 Å². The minimum absolute atomic E-state index is 0.123. The second-order valence-corrected chi connectivity index (χ2v) is 6.28. The number of nitrogens with two attached hydrogens (primary N) is 2. The van der Waals surface area contributed by atoms with E-state index in [1.165, 1.54) is 6.42 Å². The Hall–Kier alpha value is -0.610. The van der Waals surface area contributed by atoms with Gasteiger partial charge in [0.05, 0.1) is 6.04 Å². The van der Waals surface area contributed by atoms with Crippen molar-refractivity contribution in [2.75, 3.05) is 13.1 Å². The van der Waals surface area contributed by atoms with Gasteiger partial charge in [-0.25, -0.2) is 0 Å². The van der Waals surface area contributed by atoms with Crippen molar-refractivity contribution in [3.05, 3.63) is 0 Å². The fourth-order valence-corrected chi connectivity index (χ4v) is 3.24. The van der Waals surface area contributed by atoms with Crippen LogP contribution in [0.15, 0.2) is 0 Å². The van der Waals surface area contributed by atoms with E-state index in [1.54, 1.807) is 0 Å². The van der Waals surface area contributed by atoms with Crippen molar-refractivity contribution in [3.63, 3.8) is 0 Å². The zero-order chi connectivity index (χ0) is 12.6. The van der Waals surface area contributed by atoms with Crippen LogP contribution in [0, 0.1) is 11.3 Å². The normalized spacial score (nSPS) is 34.9. The van der Waals surface area contributed by atoms with E-state index in [4.69, 9.17) is 11.5 Å². The van der Waals surface area contributed by atoms with Gasteiger partial charge in [-0.05, 0) is 37.0 Å². The van der Waals surface area contributed by atoms with Gasteiger partial charge in [-0.3, -0.25) is 4.79 Å². The molecule has 4 N–H and O–H groups in total. The number of rotatable bonds is 2. The van der Waals surface area contributed by atoms with Crippen molar-refractivity contribution in [2.45, 2.75) is 51.6 Å². The standard InChI is InChI=1S/C13H25N3O/c1-9(2)11(15)12(17)16-6-5-13(8-16)4-3-10(14)7-13/h9-11H,3-8,14-15H2,1-2H3. The summed E-state index contributed by atoms with van der Waals surface area (Å²) in [6, 6.07) is -0.0101. The lowest BCUT2D eigenvalue weighted by Gasteiger charge is -2.26. The van der Waals surface area contributed by atoms with Crippen molar-refractivity contribution < 1.29 is 4.79 Å². The molecule has 98 valence electrons. The zero-order valence-electron chi connectivity index (χ0n) is 11.0. The fourth-order valence-electron chi connectivity index (χ4n) is 3.24. The average Bonchev–Trinajstić information content (AvgIpc) is 2.84. The maximum atomic E-state index is 12.2. The highest BCUT2D eigenvalue weighted by Crippen LogP contribution is 2.44. The maximum Gasteiger partial charge on any atom is 0.239 e. The van der Waals surface area contributed by atoms with Gasteiger partial charge in [-0.2, -0.15) is 0 Å². The summed E-state index contributed by atoms with van der Waals surface area (Å²) in [5, 5.41) is 0. The van der Waals surface area contributed by atoms with Gasteiger partial charge in [-0.1, -0.05) is 13.8 Å². The molecule has 1 saturated carbocycles. The summed E-state index contributed by atoms with van der Waals surface area (Å²) in [5.74, 6) is 0.335. The number of hydrogen-bond donors (Lipinski definition) is 2. The van der Waals surface area contributed by atoms with E-state index in [-0.39, 0.29) is 17.9 Å². The van der Waals surface area contributed by atoms with Gasteiger partial charge in [0.15, 0.2) is 0 Å². The van der Waals surface area contributed by atoms with Gasteiger partial charge >= 0.3 is 0 Å². The van der Waals surface area contributed by atoms with Crippen LogP contribution in [0.3, 0.4) is 0 Å². The molecule has 1 spiro atoms. The van der Waals surface area contributed by atoms with Crippen molar-refractivity contribution in [3.8, 4) is 0 Å². The van der Waals surface area contributed by atoms with Gasteiger partial charge in [-0.15, -0.1) is 0 Å². The second kappa shape index (κ2) is 4.58. The average molecular weight is 239 g/mol. The lowest BCUT2D eigenvalue weighted by atomic mass is 9.85. The fraction of sp³-hybridized carbons (Fsp3) is 0.923. The third kappa shape index (κ3) is 2.47. The topological polar surface area (TPSA) is 72.4 Å². The number of carbonyl (C=O) groups is 1. The van der Waals surface area contributed by atoms with E-state index >= 15 is 0 Å². The zero-order valence-corrected chi connectivity index (χ0v) is 11.0. The first-order valence-electron chi connectivity index (χ1n) is 6.73. The summed E-state index contributed by atoms with van der Waals surface area (Å²) in [6.45, 7) is 5.74. The van der Waals surface area contributed by atoms with Crippen LogP contribution in [-0.4, -0.2) is 36.0 Å². The first-order chi connectivity index (χ1) is 7.93. The first-order valence-corrected chi connectivity index (χ1v) is 6.73. The van der Waals surface area contributed by atoms with Gasteiger partial charge in [0.2, 0.25) is 5.91 Å². The monoisotopic (exact) mass is 239 g/mol. The summed E-state index contributed by atoms with van der Waals surface area (Å²) >= 11 is 0. The van der Waals surface area contributed by atoms with Gasteiger partial charge in [0.1, 0.15) is 0 Å². The lowest BCUT2D eigenvalue weighted by Crippen LogP contribution is -2.46. The van der Waals surface area contributed by atoms with Crippen LogP contribution in [0.4, 0.5) is 0 Å². The highest BCUT2D eigenvalue weighted by atomic mass is 16.2. The molecule has 4 heteroatoms. The van der Waals surface area contributed by atoms with Crippen LogP contribution < -0.4 is 11.5 Å². The van der Waals surface area contributed by atoms with Crippen LogP contribution in [-0.2, 0) is 4.79 Å². The van der Waals surface area contributed by atoms with E-state index in [9.17, 15) is 4.79 Å². The van der Waals surface area contributed by atoms with Crippen LogP contribution >= 0.6 is 0 Å². The van der Waals surface area contributed by atoms with Crippen molar-refractivity contribution in [1.29, 1.82) is 0 Å². The smallest absolute Gasteiger partial charge is 0.239 e. The third-order valence-corrected chi connectivity index (χ3v) is 4.49. The molecule has 2 rings (SSSR count). The molecule has 0 aromatic rings. The third-order valence-electron chi connectivity index (χ3n) is 4.49. The van der Waals surface area contributed by atoms with Crippen LogP contribution in [0.1, 0.15) is 39.5 Å². The Bertz CT molecular complexity index is 305. The summed E-state index contributed by atoms with van der Waals surface area (Å²) in [6.07, 6.45) is 4.47.